The summed E-state index contributed by atoms with van der Waals surface area (Å²) in [5, 5.41) is 0. The maximum Gasteiger partial charge on any atom is 0.0473 e. The molecule has 2 rings (SSSR count). The van der Waals surface area contributed by atoms with Crippen molar-refractivity contribution in [2.24, 2.45) is 0 Å². The van der Waals surface area contributed by atoms with E-state index >= 15 is 0 Å². The number of hydrogen-bond acceptors (Lipinski definition) is 3. The Kier molecular flexibility index (Phi) is 3.85. The lowest BCUT2D eigenvalue weighted by molar-refractivity contribution is 1.32. The SMILES string of the molecule is Cc1cc(SNc2ccncc2)ccc1Br. The summed E-state index contributed by atoms with van der Waals surface area (Å²) < 4.78 is 4.41. The van der Waals surface area contributed by atoms with E-state index in [0.717, 1.165) is 10.2 Å². The number of benzene rings is 1. The largest absolute Gasteiger partial charge is 0.326 e. The number of nitrogens with zero attached hydrogens (tertiary/aromatic N) is 1. The molecule has 0 aliphatic rings. The van der Waals surface area contributed by atoms with Crippen LogP contribution in [0.4, 0.5) is 5.69 Å². The van der Waals surface area contributed by atoms with Crippen molar-refractivity contribution in [3.05, 3.63) is 52.8 Å². The molecule has 0 amide bonds. The Bertz CT molecular complexity index is 474. The first-order valence-corrected chi connectivity index (χ1v) is 6.46. The van der Waals surface area contributed by atoms with E-state index in [1.54, 1.807) is 24.3 Å². The van der Waals surface area contributed by atoms with Gasteiger partial charge in [-0.3, -0.25) is 4.98 Å². The summed E-state index contributed by atoms with van der Waals surface area (Å²) in [5.41, 5.74) is 2.29. The second-order valence-corrected chi connectivity index (χ2v) is 5.08. The summed E-state index contributed by atoms with van der Waals surface area (Å²) in [7, 11) is 0. The predicted octanol–water partition coefficient (Wildman–Crippen LogP) is 4.27. The highest BCUT2D eigenvalue weighted by molar-refractivity contribution is 9.10. The third-order valence-corrected chi connectivity index (χ3v) is 3.81. The molecule has 0 spiro atoms. The molecule has 1 N–H and O–H groups in total. The van der Waals surface area contributed by atoms with Crippen LogP contribution >= 0.6 is 27.9 Å². The van der Waals surface area contributed by atoms with Gasteiger partial charge in [0, 0.05) is 27.4 Å². The van der Waals surface area contributed by atoms with E-state index < -0.39 is 0 Å². The molecular formula is C12H11BrN2S. The molecule has 4 heteroatoms. The molecule has 0 radical (unpaired) electrons. The minimum absolute atomic E-state index is 1.06. The summed E-state index contributed by atoms with van der Waals surface area (Å²) in [6.45, 7) is 2.08. The molecule has 0 saturated heterocycles. The Morgan fingerprint density at radius 3 is 2.62 bits per heavy atom. The van der Waals surface area contributed by atoms with Crippen LogP contribution in [-0.4, -0.2) is 4.98 Å². The van der Waals surface area contributed by atoms with Crippen molar-refractivity contribution in [1.29, 1.82) is 0 Å². The zero-order valence-corrected chi connectivity index (χ0v) is 11.2. The van der Waals surface area contributed by atoms with Crippen LogP contribution in [0, 0.1) is 6.92 Å². The average molecular weight is 295 g/mol. The fraction of sp³-hybridized carbons (Fsp3) is 0.0833. The molecule has 16 heavy (non-hydrogen) atoms. The Labute approximate surface area is 108 Å². The zero-order chi connectivity index (χ0) is 11.4. The maximum atomic E-state index is 3.97. The molecular weight excluding hydrogens is 284 g/mol. The molecule has 82 valence electrons. The van der Waals surface area contributed by atoms with Crippen molar-refractivity contribution < 1.29 is 0 Å². The quantitative estimate of drug-likeness (QED) is 0.856. The van der Waals surface area contributed by atoms with Gasteiger partial charge < -0.3 is 4.72 Å². The van der Waals surface area contributed by atoms with Gasteiger partial charge in [0.15, 0.2) is 0 Å². The highest BCUT2D eigenvalue weighted by Gasteiger charge is 1.98. The lowest BCUT2D eigenvalue weighted by atomic mass is 10.2. The van der Waals surface area contributed by atoms with Gasteiger partial charge in [0.1, 0.15) is 0 Å². The summed E-state index contributed by atoms with van der Waals surface area (Å²) in [6, 6.07) is 10.2. The van der Waals surface area contributed by atoms with Crippen LogP contribution in [0.15, 0.2) is 52.1 Å². The molecule has 1 aromatic heterocycles. The highest BCUT2D eigenvalue weighted by Crippen LogP contribution is 2.25. The van der Waals surface area contributed by atoms with Crippen LogP contribution in [0.3, 0.4) is 0 Å². The van der Waals surface area contributed by atoms with Crippen molar-refractivity contribution >= 4 is 33.6 Å². The van der Waals surface area contributed by atoms with Crippen LogP contribution in [-0.2, 0) is 0 Å². The second kappa shape index (κ2) is 5.37. The Hall–Kier alpha value is -1.00. The van der Waals surface area contributed by atoms with E-state index in [4.69, 9.17) is 0 Å². The molecule has 0 saturated carbocycles. The number of anilines is 1. The molecule has 0 bridgehead atoms. The van der Waals surface area contributed by atoms with Gasteiger partial charge in [0.25, 0.3) is 0 Å². The fourth-order valence-corrected chi connectivity index (χ4v) is 2.21. The summed E-state index contributed by atoms with van der Waals surface area (Å²) >= 11 is 5.09. The van der Waals surface area contributed by atoms with Crippen molar-refractivity contribution in [1.82, 2.24) is 4.98 Å². The number of pyridine rings is 1. The molecule has 2 nitrogen and oxygen atoms in total. The number of aryl methyl sites for hydroxylation is 1. The predicted molar refractivity (Wildman–Crippen MR) is 72.6 cm³/mol. The molecule has 0 aliphatic carbocycles. The van der Waals surface area contributed by atoms with Crippen LogP contribution < -0.4 is 4.72 Å². The standard InChI is InChI=1S/C12H11BrN2S/c1-9-8-11(2-3-12(9)13)16-15-10-4-6-14-7-5-10/h2-8H,1H3,(H,14,15). The Morgan fingerprint density at radius 1 is 1.19 bits per heavy atom. The van der Waals surface area contributed by atoms with E-state index in [2.05, 4.69) is 50.8 Å². The topological polar surface area (TPSA) is 24.9 Å². The monoisotopic (exact) mass is 294 g/mol. The Morgan fingerprint density at radius 2 is 1.94 bits per heavy atom. The number of hydrogen-bond donors (Lipinski definition) is 1. The van der Waals surface area contributed by atoms with Crippen LogP contribution in [0.5, 0.6) is 0 Å². The lowest BCUT2D eigenvalue weighted by Crippen LogP contribution is -1.87. The van der Waals surface area contributed by atoms with Gasteiger partial charge in [-0.05, 0) is 54.8 Å². The normalized spacial score (nSPS) is 10.1. The third kappa shape index (κ3) is 3.00. The number of halogens is 1. The first-order chi connectivity index (χ1) is 7.75. The zero-order valence-electron chi connectivity index (χ0n) is 8.77. The summed E-state index contributed by atoms with van der Waals surface area (Å²) in [6.07, 6.45) is 3.55. The molecule has 1 aromatic carbocycles. The van der Waals surface area contributed by atoms with E-state index in [1.807, 2.05) is 12.1 Å². The molecule has 1 heterocycles. The first-order valence-electron chi connectivity index (χ1n) is 4.85. The van der Waals surface area contributed by atoms with Gasteiger partial charge in [-0.2, -0.15) is 0 Å². The van der Waals surface area contributed by atoms with Crippen molar-refractivity contribution in [2.75, 3.05) is 4.72 Å². The molecule has 0 unspecified atom stereocenters. The Balaban J connectivity index is 2.03. The number of rotatable bonds is 3. The van der Waals surface area contributed by atoms with Gasteiger partial charge in [-0.1, -0.05) is 15.9 Å². The fourth-order valence-electron chi connectivity index (χ4n) is 1.22. The molecule has 2 aromatic rings. The minimum Gasteiger partial charge on any atom is -0.326 e. The van der Waals surface area contributed by atoms with E-state index in [1.165, 1.54) is 10.5 Å². The van der Waals surface area contributed by atoms with Crippen LogP contribution in [0.2, 0.25) is 0 Å². The van der Waals surface area contributed by atoms with Gasteiger partial charge in [-0.25, -0.2) is 0 Å². The van der Waals surface area contributed by atoms with Crippen molar-refractivity contribution in [3.63, 3.8) is 0 Å². The minimum atomic E-state index is 1.06. The smallest absolute Gasteiger partial charge is 0.0473 e. The van der Waals surface area contributed by atoms with Gasteiger partial charge >= 0.3 is 0 Å². The van der Waals surface area contributed by atoms with Crippen LogP contribution in [0.25, 0.3) is 0 Å². The maximum absolute atomic E-state index is 3.97. The summed E-state index contributed by atoms with van der Waals surface area (Å²) in [4.78, 5) is 5.16. The van der Waals surface area contributed by atoms with Crippen LogP contribution in [0.1, 0.15) is 5.56 Å². The van der Waals surface area contributed by atoms with E-state index in [9.17, 15) is 0 Å². The number of aromatic nitrogens is 1. The first kappa shape index (κ1) is 11.5. The molecule has 0 aliphatic heterocycles. The third-order valence-electron chi connectivity index (χ3n) is 2.10. The van der Waals surface area contributed by atoms with E-state index in [-0.39, 0.29) is 0 Å². The summed E-state index contributed by atoms with van der Waals surface area (Å²) in [5.74, 6) is 0. The second-order valence-electron chi connectivity index (χ2n) is 3.35. The number of nitrogens with one attached hydrogen (secondary N) is 1. The van der Waals surface area contributed by atoms with Gasteiger partial charge in [0.05, 0.1) is 0 Å². The van der Waals surface area contributed by atoms with Gasteiger partial charge in [-0.15, -0.1) is 0 Å². The molecule has 0 atom stereocenters. The average Bonchev–Trinajstić information content (AvgIpc) is 2.32. The van der Waals surface area contributed by atoms with E-state index in [0.29, 0.717) is 0 Å². The van der Waals surface area contributed by atoms with Crippen molar-refractivity contribution in [2.45, 2.75) is 11.8 Å². The van der Waals surface area contributed by atoms with Gasteiger partial charge in [0.2, 0.25) is 0 Å². The lowest BCUT2D eigenvalue weighted by Gasteiger charge is -2.06. The molecule has 0 fully saturated rings. The highest BCUT2D eigenvalue weighted by atomic mass is 79.9. The van der Waals surface area contributed by atoms with Crippen molar-refractivity contribution in [3.8, 4) is 0 Å².